The Kier molecular flexibility index (Phi) is 19.8. The van der Waals surface area contributed by atoms with E-state index in [1.54, 1.807) is 24.3 Å². The van der Waals surface area contributed by atoms with Gasteiger partial charge in [0.25, 0.3) is 11.8 Å². The quantitative estimate of drug-likeness (QED) is 0.0814. The first-order valence-electron chi connectivity index (χ1n) is 18.9. The van der Waals surface area contributed by atoms with Crippen LogP contribution in [-0.4, -0.2) is 62.0 Å². The van der Waals surface area contributed by atoms with Gasteiger partial charge in [-0.3, -0.25) is 19.2 Å². The molecule has 0 bridgehead atoms. The minimum atomic E-state index is -0.769. The van der Waals surface area contributed by atoms with Gasteiger partial charge in [-0.15, -0.1) is 11.3 Å². The number of ether oxygens (including phenoxy) is 2. The zero-order valence-electron chi connectivity index (χ0n) is 33.9. The Bertz CT molecular complexity index is 2310. The molecule has 5 aromatic rings. The molecule has 1 aromatic heterocycles. The summed E-state index contributed by atoms with van der Waals surface area (Å²) in [5.74, 6) is -0.342. The van der Waals surface area contributed by atoms with Crippen molar-refractivity contribution in [3.8, 4) is 28.7 Å². The molecule has 0 aliphatic carbocycles. The summed E-state index contributed by atoms with van der Waals surface area (Å²) in [6.07, 6.45) is 0.618. The van der Waals surface area contributed by atoms with E-state index in [4.69, 9.17) is 32.7 Å². The summed E-state index contributed by atoms with van der Waals surface area (Å²) in [6, 6.07) is 27.4. The number of nitrogens with one attached hydrogen (secondary N) is 4. The van der Waals surface area contributed by atoms with E-state index in [0.29, 0.717) is 50.4 Å². The lowest BCUT2D eigenvalue weighted by Crippen LogP contribution is -2.47. The van der Waals surface area contributed by atoms with Crippen molar-refractivity contribution in [3.63, 3.8) is 0 Å². The first kappa shape index (κ1) is 50.0. The maximum atomic E-state index is 12.8. The molecule has 2 atom stereocenters. The van der Waals surface area contributed by atoms with Crippen molar-refractivity contribution < 1.29 is 28.7 Å². The Morgan fingerprint density at radius 2 is 1.11 bits per heavy atom. The van der Waals surface area contributed by atoms with Crippen LogP contribution < -0.4 is 30.7 Å². The zero-order chi connectivity index (χ0) is 43.9. The summed E-state index contributed by atoms with van der Waals surface area (Å²) in [6.45, 7) is 7.57. The Labute approximate surface area is 380 Å². The highest BCUT2D eigenvalue weighted by Crippen LogP contribution is 2.29. The molecular formula is C46H50BrCl2N5O6S. The molecule has 0 aliphatic heterocycles. The van der Waals surface area contributed by atoms with Crippen LogP contribution in [-0.2, 0) is 22.4 Å². The molecule has 4 aromatic carbocycles. The molecule has 15 heteroatoms. The molecular weight excluding hydrogens is 901 g/mol. The largest absolute Gasteiger partial charge is 0.489 e. The number of hydrogen-bond acceptors (Lipinski definition) is 8. The molecule has 11 nitrogen and oxygen atoms in total. The van der Waals surface area contributed by atoms with Crippen molar-refractivity contribution in [1.29, 1.82) is 5.26 Å². The highest BCUT2D eigenvalue weighted by molar-refractivity contribution is 9.10. The number of carbonyl (C=O) groups is 4. The van der Waals surface area contributed by atoms with Crippen LogP contribution in [0.3, 0.4) is 0 Å². The fourth-order valence-electron chi connectivity index (χ4n) is 5.77. The molecule has 0 saturated carbocycles. The zero-order valence-corrected chi connectivity index (χ0v) is 37.8. The van der Waals surface area contributed by atoms with E-state index in [0.717, 1.165) is 26.7 Å². The average Bonchev–Trinajstić information content (AvgIpc) is 3.71. The van der Waals surface area contributed by atoms with E-state index in [1.165, 1.54) is 37.6 Å². The van der Waals surface area contributed by atoms with E-state index in [1.807, 2.05) is 87.7 Å². The van der Waals surface area contributed by atoms with Gasteiger partial charge in [-0.2, -0.15) is 5.26 Å². The normalized spacial score (nSPS) is 11.4. The minimum Gasteiger partial charge on any atom is -0.489 e. The van der Waals surface area contributed by atoms with Gasteiger partial charge < -0.3 is 30.7 Å². The Morgan fingerprint density at radius 3 is 1.49 bits per heavy atom. The van der Waals surface area contributed by atoms with Crippen molar-refractivity contribution in [2.45, 2.75) is 72.3 Å². The number of benzene rings is 4. The van der Waals surface area contributed by atoms with Gasteiger partial charge in [0.1, 0.15) is 34.5 Å². The summed E-state index contributed by atoms with van der Waals surface area (Å²) < 4.78 is 12.1. The number of carbonyl (C=O) groups excluding carboxylic acids is 4. The molecule has 4 N–H and O–H groups in total. The molecule has 5 rings (SSSR count). The third-order valence-electron chi connectivity index (χ3n) is 8.67. The maximum Gasteiger partial charge on any atom is 0.251 e. The minimum absolute atomic E-state index is 0. The second-order valence-electron chi connectivity index (χ2n) is 13.9. The van der Waals surface area contributed by atoms with Crippen LogP contribution in [0.5, 0.6) is 11.5 Å². The SMILES string of the molecule is C.CNC(=O)C(Cc1ccc(-c2ccsc2C#N)cc1)NC(=O)c1ccc(OC(C)C)c(Cl)c1.CNC(=O)C(Cc1ccc(Br)cc1)NC(=O)c1ccc(OC(C)C)c(Cl)c1. The predicted octanol–water partition coefficient (Wildman–Crippen LogP) is 9.43. The van der Waals surface area contributed by atoms with Crippen molar-refractivity contribution in [3.05, 3.63) is 138 Å². The molecule has 1 heterocycles. The lowest BCUT2D eigenvalue weighted by molar-refractivity contribution is -0.123. The van der Waals surface area contributed by atoms with Crippen LogP contribution in [0.1, 0.15) is 71.8 Å². The first-order chi connectivity index (χ1) is 28.6. The van der Waals surface area contributed by atoms with Gasteiger partial charge in [0.2, 0.25) is 11.8 Å². The van der Waals surface area contributed by atoms with Gasteiger partial charge in [-0.25, -0.2) is 0 Å². The maximum absolute atomic E-state index is 12.8. The third-order valence-corrected chi connectivity index (χ3v) is 10.6. The molecule has 0 radical (unpaired) electrons. The Morgan fingerprint density at radius 1 is 0.689 bits per heavy atom. The number of hydrogen-bond donors (Lipinski definition) is 4. The number of amides is 4. The number of halogens is 3. The summed E-state index contributed by atoms with van der Waals surface area (Å²) >= 11 is 17.2. The molecule has 0 aliphatic rings. The van der Waals surface area contributed by atoms with Crippen molar-refractivity contribution in [2.75, 3.05) is 14.1 Å². The second kappa shape index (κ2) is 24.2. The number of rotatable bonds is 15. The van der Waals surface area contributed by atoms with Crippen LogP contribution in [0.4, 0.5) is 0 Å². The standard InChI is InChI=1S/C25H24ClN3O3S.C20H22BrClN2O3.CH4/c1-15(2)32-22-9-8-18(13-20(22)26)24(30)29-21(25(31)28-3)12-16-4-6-17(7-5-16)19-10-11-33-23(19)14-27;1-12(2)27-18-9-6-14(11-16(18)22)19(25)24-17(20(26)23-3)10-13-4-7-15(21)8-5-13;/h4-11,13,15,21H,12H2,1-3H3,(H,28,31)(H,29,30);4-9,11-12,17H,10H2,1-3H3,(H,23,26)(H,24,25);1H4. The second-order valence-corrected chi connectivity index (χ2v) is 16.6. The van der Waals surface area contributed by atoms with Crippen molar-refractivity contribution >= 4 is 74.1 Å². The lowest BCUT2D eigenvalue weighted by atomic mass is 10.0. The van der Waals surface area contributed by atoms with Crippen molar-refractivity contribution in [2.24, 2.45) is 0 Å². The monoisotopic (exact) mass is 949 g/mol. The highest BCUT2D eigenvalue weighted by atomic mass is 79.9. The molecule has 0 saturated heterocycles. The van der Waals surface area contributed by atoms with Crippen LogP contribution in [0.15, 0.2) is 101 Å². The molecule has 0 fully saturated rings. The van der Waals surface area contributed by atoms with Crippen LogP contribution in [0.2, 0.25) is 10.0 Å². The number of likely N-dealkylation sites (N-methyl/N-ethyl adjacent to an activating group) is 2. The molecule has 322 valence electrons. The van der Waals surface area contributed by atoms with Gasteiger partial charge in [0.15, 0.2) is 0 Å². The predicted molar refractivity (Wildman–Crippen MR) is 248 cm³/mol. The van der Waals surface area contributed by atoms with Crippen LogP contribution in [0.25, 0.3) is 11.1 Å². The smallest absolute Gasteiger partial charge is 0.251 e. The number of nitrogens with zero attached hydrogens (tertiary/aromatic N) is 1. The summed E-state index contributed by atoms with van der Waals surface area (Å²) in [7, 11) is 3.07. The van der Waals surface area contributed by atoms with Gasteiger partial charge in [0.05, 0.1) is 22.3 Å². The number of thiophene rings is 1. The van der Waals surface area contributed by atoms with Gasteiger partial charge in [-0.1, -0.05) is 83.0 Å². The molecule has 0 spiro atoms. The van der Waals surface area contributed by atoms with Crippen molar-refractivity contribution in [1.82, 2.24) is 21.3 Å². The van der Waals surface area contributed by atoms with E-state index < -0.39 is 18.0 Å². The fraction of sp³-hybridized carbons (Fsp3) is 0.283. The molecule has 4 amide bonds. The van der Waals surface area contributed by atoms with E-state index in [9.17, 15) is 24.4 Å². The highest BCUT2D eigenvalue weighted by Gasteiger charge is 2.23. The number of nitriles is 1. The van der Waals surface area contributed by atoms with E-state index in [2.05, 4.69) is 43.3 Å². The summed E-state index contributed by atoms with van der Waals surface area (Å²) in [5.41, 5.74) is 4.32. The van der Waals surface area contributed by atoms with E-state index in [-0.39, 0.29) is 37.4 Å². The van der Waals surface area contributed by atoms with Crippen LogP contribution >= 0.6 is 50.5 Å². The third kappa shape index (κ3) is 14.9. The average molecular weight is 952 g/mol. The lowest BCUT2D eigenvalue weighted by Gasteiger charge is -2.18. The van der Waals surface area contributed by atoms with Gasteiger partial charge >= 0.3 is 0 Å². The van der Waals surface area contributed by atoms with Gasteiger partial charge in [-0.05, 0) is 104 Å². The first-order valence-corrected chi connectivity index (χ1v) is 21.3. The van der Waals surface area contributed by atoms with E-state index >= 15 is 0 Å². The molecule has 2 unspecified atom stereocenters. The Hall–Kier alpha value is -5.39. The van der Waals surface area contributed by atoms with Crippen LogP contribution in [0, 0.1) is 11.3 Å². The summed E-state index contributed by atoms with van der Waals surface area (Å²) in [4.78, 5) is 50.7. The van der Waals surface area contributed by atoms with Gasteiger partial charge in [0, 0.05) is 48.1 Å². The Balaban J connectivity index is 0.000000327. The summed E-state index contributed by atoms with van der Waals surface area (Å²) in [5, 5.41) is 22.5. The molecule has 61 heavy (non-hydrogen) atoms. The topological polar surface area (TPSA) is 159 Å². The fourth-order valence-corrected chi connectivity index (χ4v) is 7.19.